The highest BCUT2D eigenvalue weighted by Gasteiger charge is 2.17. The van der Waals surface area contributed by atoms with Crippen LogP contribution in [0.25, 0.3) is 33.6 Å². The minimum Gasteiger partial charge on any atom is -0.460 e. The van der Waals surface area contributed by atoms with Crippen LogP contribution in [0.15, 0.2) is 70.5 Å². The summed E-state index contributed by atoms with van der Waals surface area (Å²) >= 11 is 13.4. The number of halogens is 2. The van der Waals surface area contributed by atoms with Crippen LogP contribution >= 0.6 is 34.5 Å². The number of hydrogen-bond donors (Lipinski definition) is 1. The molecule has 0 saturated carbocycles. The van der Waals surface area contributed by atoms with Crippen LogP contribution in [0, 0.1) is 6.92 Å². The predicted octanol–water partition coefficient (Wildman–Crippen LogP) is 7.49. The SMILES string of the molecule is Cc1ccc(-c2cc(C(=O)Nc3nc(-c4ccc(Cl)c(Cl)c4)cs3)c3ccccc3n2)o1. The van der Waals surface area contributed by atoms with Crippen LogP contribution in [0.3, 0.4) is 0 Å². The van der Waals surface area contributed by atoms with Gasteiger partial charge in [-0.15, -0.1) is 11.3 Å². The monoisotopic (exact) mass is 479 g/mol. The van der Waals surface area contributed by atoms with Crippen molar-refractivity contribution in [3.05, 3.63) is 87.4 Å². The number of thiazole rings is 1. The molecule has 5 nitrogen and oxygen atoms in total. The predicted molar refractivity (Wildman–Crippen MR) is 130 cm³/mol. The molecule has 0 atom stereocenters. The molecule has 1 amide bonds. The summed E-state index contributed by atoms with van der Waals surface area (Å²) in [6, 6.07) is 18.3. The van der Waals surface area contributed by atoms with Crippen molar-refractivity contribution in [3.8, 4) is 22.7 Å². The lowest BCUT2D eigenvalue weighted by atomic mass is 10.1. The van der Waals surface area contributed by atoms with Crippen molar-refractivity contribution in [2.45, 2.75) is 6.92 Å². The van der Waals surface area contributed by atoms with Crippen molar-refractivity contribution in [1.29, 1.82) is 0 Å². The van der Waals surface area contributed by atoms with E-state index in [9.17, 15) is 4.79 Å². The van der Waals surface area contributed by atoms with Crippen LogP contribution in [0.4, 0.5) is 5.13 Å². The van der Waals surface area contributed by atoms with Gasteiger partial charge in [0.25, 0.3) is 5.91 Å². The lowest BCUT2D eigenvalue weighted by Crippen LogP contribution is -2.13. The van der Waals surface area contributed by atoms with Gasteiger partial charge < -0.3 is 4.42 Å². The second kappa shape index (κ2) is 8.39. The Hall–Kier alpha value is -3.19. The van der Waals surface area contributed by atoms with Crippen molar-refractivity contribution < 1.29 is 9.21 Å². The van der Waals surface area contributed by atoms with Crippen LogP contribution in [0.2, 0.25) is 10.0 Å². The molecule has 0 bridgehead atoms. The number of rotatable bonds is 4. The van der Waals surface area contributed by atoms with Crippen LogP contribution < -0.4 is 5.32 Å². The number of fused-ring (bicyclic) bond motifs is 1. The summed E-state index contributed by atoms with van der Waals surface area (Å²) in [5.74, 6) is 1.11. The van der Waals surface area contributed by atoms with Crippen LogP contribution in [0.5, 0.6) is 0 Å². The number of pyridine rings is 1. The Balaban J connectivity index is 1.49. The number of benzene rings is 2. The number of nitrogens with zero attached hydrogens (tertiary/aromatic N) is 2. The highest BCUT2D eigenvalue weighted by molar-refractivity contribution is 7.14. The summed E-state index contributed by atoms with van der Waals surface area (Å²) in [4.78, 5) is 22.4. The second-order valence-corrected chi connectivity index (χ2v) is 8.78. The van der Waals surface area contributed by atoms with Gasteiger partial charge in [0.15, 0.2) is 10.9 Å². The van der Waals surface area contributed by atoms with E-state index < -0.39 is 0 Å². The quantitative estimate of drug-likeness (QED) is 0.290. The second-order valence-electron chi connectivity index (χ2n) is 7.10. The number of carbonyl (C=O) groups is 1. The molecule has 0 aliphatic rings. The third-order valence-electron chi connectivity index (χ3n) is 4.89. The van der Waals surface area contributed by atoms with Gasteiger partial charge in [-0.3, -0.25) is 10.1 Å². The number of furan rings is 1. The van der Waals surface area contributed by atoms with Crippen molar-refractivity contribution >= 4 is 56.5 Å². The Morgan fingerprint density at radius 2 is 1.81 bits per heavy atom. The van der Waals surface area contributed by atoms with Gasteiger partial charge in [-0.2, -0.15) is 0 Å². The number of para-hydroxylation sites is 1. The third kappa shape index (κ3) is 4.00. The molecule has 2 aromatic carbocycles. The average Bonchev–Trinajstić information content (AvgIpc) is 3.44. The molecule has 0 radical (unpaired) electrons. The standard InChI is InChI=1S/C24H15Cl2N3O2S/c1-13-6-9-22(31-13)20-11-16(15-4-2-3-5-19(15)27-20)23(30)29-24-28-21(12-32-24)14-7-8-17(25)18(26)10-14/h2-12H,1H3,(H,28,29,30). The minimum atomic E-state index is -0.275. The van der Waals surface area contributed by atoms with Gasteiger partial charge in [0.05, 0.1) is 26.8 Å². The lowest BCUT2D eigenvalue weighted by molar-refractivity contribution is 0.102. The maximum Gasteiger partial charge on any atom is 0.258 e. The molecule has 158 valence electrons. The van der Waals surface area contributed by atoms with Gasteiger partial charge in [0.2, 0.25) is 0 Å². The fourth-order valence-corrected chi connectivity index (χ4v) is 4.36. The molecule has 0 spiro atoms. The van der Waals surface area contributed by atoms with Crippen LogP contribution in [0.1, 0.15) is 16.1 Å². The van der Waals surface area contributed by atoms with Crippen molar-refractivity contribution in [3.63, 3.8) is 0 Å². The van der Waals surface area contributed by atoms with E-state index in [0.29, 0.717) is 43.4 Å². The topological polar surface area (TPSA) is 68.0 Å². The molecule has 0 saturated heterocycles. The number of hydrogen-bond acceptors (Lipinski definition) is 5. The number of aryl methyl sites for hydroxylation is 1. The Bertz CT molecular complexity index is 1480. The number of nitrogens with one attached hydrogen (secondary N) is 1. The first-order valence-corrected chi connectivity index (χ1v) is 11.3. The molecular formula is C24H15Cl2N3O2S. The molecule has 0 aliphatic carbocycles. The van der Waals surface area contributed by atoms with E-state index in [4.69, 9.17) is 27.6 Å². The van der Waals surface area contributed by atoms with Gasteiger partial charge in [0.1, 0.15) is 11.5 Å². The Kier molecular flexibility index (Phi) is 5.43. The molecule has 32 heavy (non-hydrogen) atoms. The smallest absolute Gasteiger partial charge is 0.258 e. The van der Waals surface area contributed by atoms with Crippen molar-refractivity contribution in [2.24, 2.45) is 0 Å². The van der Waals surface area contributed by atoms with Crippen LogP contribution in [-0.4, -0.2) is 15.9 Å². The van der Waals surface area contributed by atoms with Crippen LogP contribution in [-0.2, 0) is 0 Å². The minimum absolute atomic E-state index is 0.275. The summed E-state index contributed by atoms with van der Waals surface area (Å²) in [6.07, 6.45) is 0. The number of aromatic nitrogens is 2. The highest BCUT2D eigenvalue weighted by atomic mass is 35.5. The Morgan fingerprint density at radius 1 is 0.969 bits per heavy atom. The fourth-order valence-electron chi connectivity index (χ4n) is 3.35. The summed E-state index contributed by atoms with van der Waals surface area (Å²) in [5.41, 5.74) is 3.32. The van der Waals surface area contributed by atoms with E-state index in [1.165, 1.54) is 11.3 Å². The maximum atomic E-state index is 13.2. The zero-order valence-electron chi connectivity index (χ0n) is 16.7. The first-order chi connectivity index (χ1) is 15.5. The molecular weight excluding hydrogens is 465 g/mol. The summed E-state index contributed by atoms with van der Waals surface area (Å²) < 4.78 is 5.72. The molecule has 5 rings (SSSR count). The molecule has 5 aromatic rings. The number of carbonyl (C=O) groups excluding carboxylic acids is 1. The van der Waals surface area contributed by atoms with Gasteiger partial charge >= 0.3 is 0 Å². The van der Waals surface area contributed by atoms with Gasteiger partial charge in [-0.25, -0.2) is 9.97 Å². The zero-order valence-corrected chi connectivity index (χ0v) is 19.1. The zero-order chi connectivity index (χ0) is 22.2. The fraction of sp³-hybridized carbons (Fsp3) is 0.0417. The van der Waals surface area contributed by atoms with Gasteiger partial charge in [-0.1, -0.05) is 47.5 Å². The van der Waals surface area contributed by atoms with Crippen molar-refractivity contribution in [2.75, 3.05) is 5.32 Å². The lowest BCUT2D eigenvalue weighted by Gasteiger charge is -2.08. The maximum absolute atomic E-state index is 13.2. The van der Waals surface area contributed by atoms with Crippen molar-refractivity contribution in [1.82, 2.24) is 9.97 Å². The first kappa shape index (κ1) is 20.7. The van der Waals surface area contributed by atoms with E-state index in [1.807, 2.05) is 54.8 Å². The summed E-state index contributed by atoms with van der Waals surface area (Å²) in [5, 5.41) is 6.92. The molecule has 0 unspecified atom stereocenters. The molecule has 3 aromatic heterocycles. The molecule has 1 N–H and O–H groups in total. The van der Waals surface area contributed by atoms with Gasteiger partial charge in [-0.05, 0) is 43.3 Å². The first-order valence-electron chi connectivity index (χ1n) is 9.67. The van der Waals surface area contributed by atoms with E-state index in [0.717, 1.165) is 16.7 Å². The molecule has 0 aliphatic heterocycles. The average molecular weight is 480 g/mol. The van der Waals surface area contributed by atoms with E-state index >= 15 is 0 Å². The highest BCUT2D eigenvalue weighted by Crippen LogP contribution is 2.31. The Morgan fingerprint density at radius 3 is 2.59 bits per heavy atom. The molecule has 0 fully saturated rings. The number of anilines is 1. The third-order valence-corrected chi connectivity index (χ3v) is 6.39. The molecule has 3 heterocycles. The normalized spacial score (nSPS) is 11.1. The molecule has 8 heteroatoms. The van der Waals surface area contributed by atoms with E-state index in [1.54, 1.807) is 18.2 Å². The Labute approximate surface area is 197 Å². The van der Waals surface area contributed by atoms with E-state index in [-0.39, 0.29) is 5.91 Å². The number of amides is 1. The van der Waals surface area contributed by atoms with E-state index in [2.05, 4.69) is 15.3 Å². The van der Waals surface area contributed by atoms with Gasteiger partial charge in [0, 0.05) is 16.3 Å². The largest absolute Gasteiger partial charge is 0.460 e. The summed E-state index contributed by atoms with van der Waals surface area (Å²) in [6.45, 7) is 1.87. The summed E-state index contributed by atoms with van der Waals surface area (Å²) in [7, 11) is 0.